The van der Waals surface area contributed by atoms with Crippen LogP contribution in [0.25, 0.3) is 16.7 Å². The van der Waals surface area contributed by atoms with Gasteiger partial charge < -0.3 is 24.3 Å². The van der Waals surface area contributed by atoms with Crippen LogP contribution in [-0.4, -0.2) is 50.8 Å². The fourth-order valence-electron chi connectivity index (χ4n) is 6.20. The summed E-state index contributed by atoms with van der Waals surface area (Å²) in [5.74, 6) is 2.07. The second-order valence-corrected chi connectivity index (χ2v) is 12.4. The Morgan fingerprint density at radius 3 is 2.38 bits per heavy atom. The van der Waals surface area contributed by atoms with Crippen molar-refractivity contribution in [1.29, 1.82) is 0 Å². The maximum Gasteiger partial charge on any atom is 0.410 e. The molecular formula is C33H43N5O4. The second kappa shape index (κ2) is 12.2. The fourth-order valence-corrected chi connectivity index (χ4v) is 6.20. The smallest absolute Gasteiger partial charge is 0.410 e. The van der Waals surface area contributed by atoms with Crippen LogP contribution >= 0.6 is 0 Å². The molecule has 3 aromatic rings. The highest BCUT2D eigenvalue weighted by atomic mass is 16.6. The zero-order chi connectivity index (χ0) is 30.0. The van der Waals surface area contributed by atoms with Gasteiger partial charge in [0, 0.05) is 43.0 Å². The molecule has 1 aliphatic heterocycles. The van der Waals surface area contributed by atoms with E-state index in [9.17, 15) is 9.59 Å². The van der Waals surface area contributed by atoms with Gasteiger partial charge in [0.1, 0.15) is 23.0 Å². The predicted molar refractivity (Wildman–Crippen MR) is 166 cm³/mol. The SMILES string of the molecule is C=C(OCC)c1c(C)c2cnc(Nc3ccc(C4CCN(C(=O)OC(C)(C)C)CC4)cn3)cc2n(C2CCCC2)c1=O. The van der Waals surface area contributed by atoms with E-state index in [1.54, 1.807) is 4.90 Å². The van der Waals surface area contributed by atoms with Crippen molar-refractivity contribution in [3.05, 3.63) is 64.2 Å². The molecule has 42 heavy (non-hydrogen) atoms. The Bertz CT molecular complexity index is 1510. The molecule has 1 aliphatic carbocycles. The van der Waals surface area contributed by atoms with Gasteiger partial charge in [-0.25, -0.2) is 14.8 Å². The molecule has 0 unspecified atom stereocenters. The van der Waals surface area contributed by atoms with Gasteiger partial charge in [0.2, 0.25) is 0 Å². The third-order valence-corrected chi connectivity index (χ3v) is 8.30. The van der Waals surface area contributed by atoms with Crippen molar-refractivity contribution >= 4 is 34.4 Å². The normalized spacial score (nSPS) is 16.5. The zero-order valence-electron chi connectivity index (χ0n) is 25.5. The number of piperidine rings is 1. The number of nitrogens with zero attached hydrogens (tertiary/aromatic N) is 4. The highest BCUT2D eigenvalue weighted by Gasteiger charge is 2.28. The van der Waals surface area contributed by atoms with Crippen LogP contribution in [0.5, 0.6) is 0 Å². The van der Waals surface area contributed by atoms with E-state index in [0.717, 1.165) is 60.6 Å². The van der Waals surface area contributed by atoms with Crippen LogP contribution in [0, 0.1) is 6.92 Å². The number of hydrogen-bond donors (Lipinski definition) is 1. The number of rotatable bonds is 7. The van der Waals surface area contributed by atoms with Crippen LogP contribution in [0.4, 0.5) is 16.4 Å². The number of carbonyl (C=O) groups is 1. The lowest BCUT2D eigenvalue weighted by Crippen LogP contribution is -2.41. The summed E-state index contributed by atoms with van der Waals surface area (Å²) >= 11 is 0. The van der Waals surface area contributed by atoms with E-state index in [1.807, 2.05) is 63.7 Å². The quantitative estimate of drug-likeness (QED) is 0.302. The van der Waals surface area contributed by atoms with Crippen LogP contribution in [0.15, 0.2) is 42.0 Å². The lowest BCUT2D eigenvalue weighted by atomic mass is 9.90. The number of amides is 1. The Balaban J connectivity index is 1.34. The molecule has 9 heteroatoms. The number of hydrogen-bond acceptors (Lipinski definition) is 7. The molecule has 0 aromatic carbocycles. The van der Waals surface area contributed by atoms with Crippen molar-refractivity contribution in [2.45, 2.75) is 90.7 Å². The number of aryl methyl sites for hydroxylation is 1. The number of nitrogens with one attached hydrogen (secondary N) is 1. The number of aromatic nitrogens is 3. The van der Waals surface area contributed by atoms with Gasteiger partial charge in [0.05, 0.1) is 17.7 Å². The summed E-state index contributed by atoms with van der Waals surface area (Å²) in [4.78, 5) is 37.4. The van der Waals surface area contributed by atoms with Crippen molar-refractivity contribution in [3.63, 3.8) is 0 Å². The second-order valence-electron chi connectivity index (χ2n) is 12.4. The monoisotopic (exact) mass is 573 g/mol. The van der Waals surface area contributed by atoms with Gasteiger partial charge in [0.25, 0.3) is 5.56 Å². The molecule has 9 nitrogen and oxygen atoms in total. The van der Waals surface area contributed by atoms with Gasteiger partial charge in [0.15, 0.2) is 0 Å². The van der Waals surface area contributed by atoms with Gasteiger partial charge in [-0.3, -0.25) is 4.79 Å². The third-order valence-electron chi connectivity index (χ3n) is 8.30. The average molecular weight is 574 g/mol. The van der Waals surface area contributed by atoms with E-state index in [0.29, 0.717) is 48.6 Å². The fraction of sp³-hybridized carbons (Fsp3) is 0.515. The highest BCUT2D eigenvalue weighted by molar-refractivity contribution is 5.88. The molecule has 1 amide bonds. The molecule has 1 saturated carbocycles. The minimum Gasteiger partial charge on any atom is -0.494 e. The maximum absolute atomic E-state index is 13.8. The van der Waals surface area contributed by atoms with E-state index >= 15 is 0 Å². The molecule has 0 atom stereocenters. The van der Waals surface area contributed by atoms with E-state index < -0.39 is 5.60 Å². The molecule has 4 heterocycles. The van der Waals surface area contributed by atoms with Crippen molar-refractivity contribution in [3.8, 4) is 0 Å². The summed E-state index contributed by atoms with van der Waals surface area (Å²) in [7, 11) is 0. The maximum atomic E-state index is 13.8. The lowest BCUT2D eigenvalue weighted by Gasteiger charge is -2.33. The minimum atomic E-state index is -0.491. The first-order valence-corrected chi connectivity index (χ1v) is 15.1. The number of carbonyl (C=O) groups excluding carboxylic acids is 1. The van der Waals surface area contributed by atoms with Crippen LogP contribution in [-0.2, 0) is 9.47 Å². The van der Waals surface area contributed by atoms with Gasteiger partial charge in [-0.2, -0.15) is 0 Å². The first-order chi connectivity index (χ1) is 20.1. The van der Waals surface area contributed by atoms with Crippen LogP contribution < -0.4 is 10.9 Å². The number of anilines is 2. The molecule has 0 radical (unpaired) electrons. The van der Waals surface area contributed by atoms with Gasteiger partial charge >= 0.3 is 6.09 Å². The lowest BCUT2D eigenvalue weighted by molar-refractivity contribution is 0.0205. The highest BCUT2D eigenvalue weighted by Crippen LogP contribution is 2.34. The summed E-state index contributed by atoms with van der Waals surface area (Å²) in [6.45, 7) is 15.3. The minimum absolute atomic E-state index is 0.0531. The molecule has 0 spiro atoms. The van der Waals surface area contributed by atoms with Crippen molar-refractivity contribution in [2.75, 3.05) is 25.0 Å². The number of likely N-dealkylation sites (tertiary alicyclic amines) is 1. The Morgan fingerprint density at radius 2 is 1.76 bits per heavy atom. The molecule has 224 valence electrons. The molecule has 0 bridgehead atoms. The number of fused-ring (bicyclic) bond motifs is 1. The molecular weight excluding hydrogens is 530 g/mol. The van der Waals surface area contributed by atoms with E-state index in [-0.39, 0.29) is 17.7 Å². The molecule has 5 rings (SSSR count). The third kappa shape index (κ3) is 6.30. The average Bonchev–Trinajstić information content (AvgIpc) is 3.47. The summed E-state index contributed by atoms with van der Waals surface area (Å²) < 4.78 is 13.1. The Hall–Kier alpha value is -3.88. The van der Waals surface area contributed by atoms with Crippen molar-refractivity contribution < 1.29 is 14.3 Å². The zero-order valence-corrected chi connectivity index (χ0v) is 25.5. The molecule has 2 aliphatic rings. The summed E-state index contributed by atoms with van der Waals surface area (Å²) in [5, 5.41) is 4.26. The molecule has 1 saturated heterocycles. The summed E-state index contributed by atoms with van der Waals surface area (Å²) in [6, 6.07) is 6.15. The number of pyridine rings is 3. The Labute approximate surface area is 247 Å². The summed E-state index contributed by atoms with van der Waals surface area (Å²) in [5.41, 5.74) is 2.85. The molecule has 1 N–H and O–H groups in total. The van der Waals surface area contributed by atoms with E-state index in [2.05, 4.69) is 27.9 Å². The van der Waals surface area contributed by atoms with Crippen LogP contribution in [0.1, 0.15) is 94.9 Å². The molecule has 2 fully saturated rings. The van der Waals surface area contributed by atoms with Crippen molar-refractivity contribution in [2.24, 2.45) is 0 Å². The topological polar surface area (TPSA) is 98.6 Å². The van der Waals surface area contributed by atoms with E-state index in [4.69, 9.17) is 9.47 Å². The predicted octanol–water partition coefficient (Wildman–Crippen LogP) is 7.08. The van der Waals surface area contributed by atoms with Crippen molar-refractivity contribution in [1.82, 2.24) is 19.4 Å². The Morgan fingerprint density at radius 1 is 1.07 bits per heavy atom. The van der Waals surface area contributed by atoms with Gasteiger partial charge in [-0.05, 0) is 83.4 Å². The van der Waals surface area contributed by atoms with E-state index in [1.165, 1.54) is 0 Å². The standard InChI is InChI=1S/C33H43N5O4/c1-7-41-22(3)30-21(2)26-20-35-29(18-27(26)38(31(30)39)25-10-8-9-11-25)36-28-13-12-24(19-34-28)23-14-16-37(17-15-23)32(40)42-33(4,5)6/h12-13,18-20,23,25H,3,7-11,14-17H2,1-2,4-6H3,(H,34,35,36). The summed E-state index contributed by atoms with van der Waals surface area (Å²) in [6.07, 6.45) is 9.40. The first kappa shape index (κ1) is 29.6. The van der Waals surface area contributed by atoms with Gasteiger partial charge in [-0.1, -0.05) is 25.5 Å². The largest absolute Gasteiger partial charge is 0.494 e. The number of ether oxygens (including phenoxy) is 2. The van der Waals surface area contributed by atoms with Crippen LogP contribution in [0.3, 0.4) is 0 Å². The van der Waals surface area contributed by atoms with Gasteiger partial charge in [-0.15, -0.1) is 0 Å². The molecule has 3 aromatic heterocycles. The Kier molecular flexibility index (Phi) is 8.57. The first-order valence-electron chi connectivity index (χ1n) is 15.1. The van der Waals surface area contributed by atoms with Crippen LogP contribution in [0.2, 0.25) is 0 Å².